The van der Waals surface area contributed by atoms with E-state index in [0.717, 1.165) is 6.42 Å². The minimum Gasteiger partial charge on any atom is -0.484 e. The summed E-state index contributed by atoms with van der Waals surface area (Å²) in [6.07, 6.45) is 1.03. The molecule has 2 N–H and O–H groups in total. The van der Waals surface area contributed by atoms with E-state index in [2.05, 4.69) is 26.1 Å². The molecule has 0 saturated carbocycles. The molecule has 5 heteroatoms. The zero-order chi connectivity index (χ0) is 17.6. The molecular weight excluding hydrogens is 294 g/mol. The van der Waals surface area contributed by atoms with Gasteiger partial charge < -0.3 is 15.2 Å². The molecular formula is C18H27NO4. The van der Waals surface area contributed by atoms with Crippen LogP contribution in [-0.4, -0.2) is 29.6 Å². The van der Waals surface area contributed by atoms with Crippen LogP contribution < -0.4 is 10.1 Å². The molecule has 0 fully saturated rings. The van der Waals surface area contributed by atoms with Crippen LogP contribution >= 0.6 is 0 Å². The Labute approximate surface area is 138 Å². The van der Waals surface area contributed by atoms with Gasteiger partial charge in [0, 0.05) is 0 Å². The Kier molecular flexibility index (Phi) is 6.61. The number of amides is 1. The number of ether oxygens (including phenoxy) is 1. The van der Waals surface area contributed by atoms with Crippen LogP contribution in [0.15, 0.2) is 24.3 Å². The maximum atomic E-state index is 11.8. The fourth-order valence-electron chi connectivity index (χ4n) is 2.08. The molecule has 0 bridgehead atoms. The highest BCUT2D eigenvalue weighted by Crippen LogP contribution is 2.27. The lowest BCUT2D eigenvalue weighted by Gasteiger charge is -2.23. The third kappa shape index (κ3) is 5.58. The van der Waals surface area contributed by atoms with Gasteiger partial charge in [0.15, 0.2) is 6.61 Å². The lowest BCUT2D eigenvalue weighted by molar-refractivity contribution is -0.143. The number of nitrogens with one attached hydrogen (secondary N) is 1. The van der Waals surface area contributed by atoms with Crippen LogP contribution in [0.5, 0.6) is 5.75 Å². The number of carbonyl (C=O) groups excluding carboxylic acids is 1. The molecule has 1 amide bonds. The highest BCUT2D eigenvalue weighted by atomic mass is 16.5. The topological polar surface area (TPSA) is 75.6 Å². The Morgan fingerprint density at radius 1 is 1.22 bits per heavy atom. The van der Waals surface area contributed by atoms with E-state index in [1.165, 1.54) is 5.56 Å². The standard InChI is InChI=1S/C18H27NO4/c1-6-18(4,5)13-7-9-14(10-8-13)23-11-15(20)19-16(12(2)3)17(21)22/h7-10,12,16H,6,11H2,1-5H3,(H,19,20)(H,21,22)/t16-/m0/s1. The van der Waals surface area contributed by atoms with Gasteiger partial charge in [-0.05, 0) is 35.4 Å². The van der Waals surface area contributed by atoms with Crippen molar-refractivity contribution >= 4 is 11.9 Å². The minimum absolute atomic E-state index is 0.0991. The van der Waals surface area contributed by atoms with E-state index in [-0.39, 0.29) is 17.9 Å². The molecule has 0 radical (unpaired) electrons. The molecule has 0 aromatic heterocycles. The molecule has 1 atom stereocenters. The van der Waals surface area contributed by atoms with Gasteiger partial charge in [-0.1, -0.05) is 46.8 Å². The van der Waals surface area contributed by atoms with Crippen LogP contribution in [0.25, 0.3) is 0 Å². The maximum Gasteiger partial charge on any atom is 0.326 e. The zero-order valence-corrected chi connectivity index (χ0v) is 14.6. The monoisotopic (exact) mass is 321 g/mol. The fraction of sp³-hybridized carbons (Fsp3) is 0.556. The largest absolute Gasteiger partial charge is 0.484 e. The van der Waals surface area contributed by atoms with E-state index in [1.54, 1.807) is 13.8 Å². The minimum atomic E-state index is -1.04. The number of rotatable bonds is 8. The van der Waals surface area contributed by atoms with Gasteiger partial charge >= 0.3 is 5.97 Å². The first-order valence-electron chi connectivity index (χ1n) is 7.93. The number of aliphatic carboxylic acids is 1. The first kappa shape index (κ1) is 19.0. The highest BCUT2D eigenvalue weighted by molar-refractivity contribution is 5.84. The van der Waals surface area contributed by atoms with Crippen molar-refractivity contribution in [2.45, 2.75) is 52.5 Å². The third-order valence-corrected chi connectivity index (χ3v) is 4.14. The van der Waals surface area contributed by atoms with E-state index in [4.69, 9.17) is 9.84 Å². The first-order valence-corrected chi connectivity index (χ1v) is 7.93. The van der Waals surface area contributed by atoms with Crippen LogP contribution in [-0.2, 0) is 15.0 Å². The van der Waals surface area contributed by atoms with Crippen molar-refractivity contribution in [3.8, 4) is 5.75 Å². The molecule has 0 unspecified atom stereocenters. The van der Waals surface area contributed by atoms with Gasteiger partial charge in [0.05, 0.1) is 0 Å². The van der Waals surface area contributed by atoms with Crippen molar-refractivity contribution in [1.29, 1.82) is 0 Å². The molecule has 0 aliphatic rings. The molecule has 0 spiro atoms. The number of carbonyl (C=O) groups is 2. The Morgan fingerprint density at radius 2 is 1.78 bits per heavy atom. The maximum absolute atomic E-state index is 11.8. The summed E-state index contributed by atoms with van der Waals surface area (Å²) in [5.41, 5.74) is 1.31. The smallest absolute Gasteiger partial charge is 0.326 e. The zero-order valence-electron chi connectivity index (χ0n) is 14.6. The van der Waals surface area contributed by atoms with E-state index in [1.807, 2.05) is 24.3 Å². The normalized spacial score (nSPS) is 12.8. The van der Waals surface area contributed by atoms with E-state index in [0.29, 0.717) is 5.75 Å². The molecule has 1 aromatic carbocycles. The van der Waals surface area contributed by atoms with Crippen molar-refractivity contribution in [3.05, 3.63) is 29.8 Å². The molecule has 128 valence electrons. The lowest BCUT2D eigenvalue weighted by atomic mass is 9.82. The third-order valence-electron chi connectivity index (χ3n) is 4.14. The van der Waals surface area contributed by atoms with Gasteiger partial charge in [-0.25, -0.2) is 4.79 Å². The lowest BCUT2D eigenvalue weighted by Crippen LogP contribution is -2.46. The molecule has 0 heterocycles. The first-order chi connectivity index (χ1) is 10.7. The molecule has 0 aliphatic heterocycles. The number of carboxylic acids is 1. The number of carboxylic acid groups (broad SMARTS) is 1. The van der Waals surface area contributed by atoms with Crippen molar-refractivity contribution in [1.82, 2.24) is 5.32 Å². The average Bonchev–Trinajstić information content (AvgIpc) is 2.50. The van der Waals surface area contributed by atoms with Gasteiger partial charge in [-0.15, -0.1) is 0 Å². The summed E-state index contributed by atoms with van der Waals surface area (Å²) in [6.45, 7) is 9.78. The molecule has 0 aliphatic carbocycles. The summed E-state index contributed by atoms with van der Waals surface area (Å²) in [5.74, 6) is -1.08. The summed E-state index contributed by atoms with van der Waals surface area (Å²) in [5, 5.41) is 11.5. The van der Waals surface area contributed by atoms with Crippen LogP contribution in [0.4, 0.5) is 0 Å². The summed E-state index contributed by atoms with van der Waals surface area (Å²) >= 11 is 0. The van der Waals surface area contributed by atoms with E-state index < -0.39 is 17.9 Å². The molecule has 0 saturated heterocycles. The highest BCUT2D eigenvalue weighted by Gasteiger charge is 2.23. The molecule has 1 aromatic rings. The van der Waals surface area contributed by atoms with Gasteiger partial charge in [-0.2, -0.15) is 0 Å². The quantitative estimate of drug-likeness (QED) is 0.772. The summed E-state index contributed by atoms with van der Waals surface area (Å²) in [4.78, 5) is 22.9. The number of hydrogen-bond acceptors (Lipinski definition) is 3. The second-order valence-corrected chi connectivity index (χ2v) is 6.68. The van der Waals surface area contributed by atoms with Crippen LogP contribution in [0.1, 0.15) is 46.6 Å². The second-order valence-electron chi connectivity index (χ2n) is 6.68. The van der Waals surface area contributed by atoms with Crippen LogP contribution in [0.3, 0.4) is 0 Å². The van der Waals surface area contributed by atoms with Gasteiger partial charge in [0.25, 0.3) is 5.91 Å². The number of hydrogen-bond donors (Lipinski definition) is 2. The van der Waals surface area contributed by atoms with Crippen LogP contribution in [0, 0.1) is 5.92 Å². The van der Waals surface area contributed by atoms with E-state index in [9.17, 15) is 9.59 Å². The molecule has 5 nitrogen and oxygen atoms in total. The number of benzene rings is 1. The predicted octanol–water partition coefficient (Wildman–Crippen LogP) is 2.98. The van der Waals surface area contributed by atoms with E-state index >= 15 is 0 Å². The Morgan fingerprint density at radius 3 is 2.22 bits per heavy atom. The summed E-state index contributed by atoms with van der Waals surface area (Å²) < 4.78 is 5.42. The van der Waals surface area contributed by atoms with Crippen molar-refractivity contribution in [2.75, 3.05) is 6.61 Å². The van der Waals surface area contributed by atoms with Gasteiger partial charge in [0.1, 0.15) is 11.8 Å². The summed E-state index contributed by atoms with van der Waals surface area (Å²) in [6, 6.07) is 6.74. The van der Waals surface area contributed by atoms with Crippen LogP contribution in [0.2, 0.25) is 0 Å². The van der Waals surface area contributed by atoms with Crippen molar-refractivity contribution in [2.24, 2.45) is 5.92 Å². The van der Waals surface area contributed by atoms with Gasteiger partial charge in [-0.3, -0.25) is 4.79 Å². The molecule has 23 heavy (non-hydrogen) atoms. The predicted molar refractivity (Wildman–Crippen MR) is 89.7 cm³/mol. The summed E-state index contributed by atoms with van der Waals surface area (Å²) in [7, 11) is 0. The average molecular weight is 321 g/mol. The Balaban J connectivity index is 2.58. The SMILES string of the molecule is CCC(C)(C)c1ccc(OCC(=O)N[C@H](C(=O)O)C(C)C)cc1. The van der Waals surface area contributed by atoms with Gasteiger partial charge in [0.2, 0.25) is 0 Å². The molecule has 1 rings (SSSR count). The Bertz CT molecular complexity index is 534. The second kappa shape index (κ2) is 7.99. The van der Waals surface area contributed by atoms with Crippen molar-refractivity contribution < 1.29 is 19.4 Å². The fourth-order valence-corrected chi connectivity index (χ4v) is 2.08. The van der Waals surface area contributed by atoms with Crippen molar-refractivity contribution in [3.63, 3.8) is 0 Å². The Hall–Kier alpha value is -2.04.